The number of carbonyl (C=O) groups is 2. The second-order valence-electron chi connectivity index (χ2n) is 8.24. The van der Waals surface area contributed by atoms with E-state index in [0.29, 0.717) is 65.7 Å². The summed E-state index contributed by atoms with van der Waals surface area (Å²) in [6.07, 6.45) is 1.65. The smallest absolute Gasteiger partial charge is 0.262 e. The summed E-state index contributed by atoms with van der Waals surface area (Å²) in [5.74, 6) is 0.890. The lowest BCUT2D eigenvalue weighted by Gasteiger charge is -2.31. The molecule has 36 heavy (non-hydrogen) atoms. The van der Waals surface area contributed by atoms with Crippen LogP contribution in [0.5, 0.6) is 17.2 Å². The molecule has 1 unspecified atom stereocenters. The molecule has 0 spiro atoms. The van der Waals surface area contributed by atoms with Crippen LogP contribution < -0.4 is 25.3 Å². The van der Waals surface area contributed by atoms with Crippen molar-refractivity contribution in [3.63, 3.8) is 0 Å². The number of ether oxygens (including phenoxy) is 4. The van der Waals surface area contributed by atoms with E-state index in [1.807, 2.05) is 6.92 Å². The van der Waals surface area contributed by atoms with Crippen molar-refractivity contribution in [3.05, 3.63) is 70.8 Å². The number of nitriles is 1. The Morgan fingerprint density at radius 3 is 2.64 bits per heavy atom. The molecule has 0 radical (unpaired) electrons. The van der Waals surface area contributed by atoms with E-state index in [2.05, 4.69) is 11.4 Å². The number of hydrogen-bond acceptors (Lipinski definition) is 8. The Morgan fingerprint density at radius 1 is 1.17 bits per heavy atom. The monoisotopic (exact) mass is 489 g/mol. The number of ketones is 1. The average Bonchev–Trinajstić information content (AvgIpc) is 2.88. The van der Waals surface area contributed by atoms with Crippen LogP contribution in [0, 0.1) is 11.3 Å². The van der Waals surface area contributed by atoms with Gasteiger partial charge in [0.25, 0.3) is 5.91 Å². The van der Waals surface area contributed by atoms with Gasteiger partial charge in [0.15, 0.2) is 23.9 Å². The minimum atomic E-state index is -0.654. The topological polar surface area (TPSA) is 133 Å². The molecule has 2 aromatic rings. The highest BCUT2D eigenvalue weighted by Gasteiger charge is 2.38. The number of anilines is 1. The molecule has 1 aliphatic heterocycles. The molecule has 186 valence electrons. The summed E-state index contributed by atoms with van der Waals surface area (Å²) in [4.78, 5) is 25.2. The average molecular weight is 490 g/mol. The molecule has 0 saturated carbocycles. The number of rotatable bonds is 8. The third-order valence-electron chi connectivity index (χ3n) is 5.94. The molecule has 2 aliphatic rings. The molecule has 1 atom stereocenters. The van der Waals surface area contributed by atoms with Gasteiger partial charge in [-0.15, -0.1) is 0 Å². The molecule has 0 fully saturated rings. The number of nitrogens with zero attached hydrogens (tertiary/aromatic N) is 1. The van der Waals surface area contributed by atoms with E-state index in [0.717, 1.165) is 0 Å². The fourth-order valence-electron chi connectivity index (χ4n) is 4.30. The molecule has 0 bridgehead atoms. The second-order valence-corrected chi connectivity index (χ2v) is 8.24. The van der Waals surface area contributed by atoms with Gasteiger partial charge in [-0.05, 0) is 55.3 Å². The van der Waals surface area contributed by atoms with E-state index in [4.69, 9.17) is 24.7 Å². The third-order valence-corrected chi connectivity index (χ3v) is 5.94. The maximum absolute atomic E-state index is 12.8. The number of amides is 1. The Morgan fingerprint density at radius 2 is 1.94 bits per heavy atom. The Balaban J connectivity index is 1.56. The number of allylic oxidation sites excluding steroid dienone is 3. The van der Waals surface area contributed by atoms with Gasteiger partial charge < -0.3 is 30.0 Å². The van der Waals surface area contributed by atoms with Crippen molar-refractivity contribution in [2.24, 2.45) is 5.73 Å². The number of Topliss-reactive ketones (excluding diaryl/α,β-unsaturated/α-hetero) is 1. The van der Waals surface area contributed by atoms with Crippen LogP contribution in [0.3, 0.4) is 0 Å². The Labute approximate surface area is 209 Å². The van der Waals surface area contributed by atoms with Crippen molar-refractivity contribution in [2.45, 2.75) is 32.1 Å². The minimum Gasteiger partial charge on any atom is -0.497 e. The van der Waals surface area contributed by atoms with Gasteiger partial charge in [-0.25, -0.2) is 0 Å². The summed E-state index contributed by atoms with van der Waals surface area (Å²) in [5.41, 5.74) is 7.94. The minimum absolute atomic E-state index is 0.00411. The van der Waals surface area contributed by atoms with Crippen LogP contribution in [0.25, 0.3) is 0 Å². The predicted octanol–water partition coefficient (Wildman–Crippen LogP) is 3.93. The number of hydrogen-bond donors (Lipinski definition) is 2. The molecular weight excluding hydrogens is 462 g/mol. The van der Waals surface area contributed by atoms with Crippen molar-refractivity contribution in [1.29, 1.82) is 5.26 Å². The molecule has 9 heteroatoms. The van der Waals surface area contributed by atoms with Crippen LogP contribution in [0.15, 0.2) is 65.3 Å². The Hall–Kier alpha value is -4.45. The number of benzene rings is 2. The van der Waals surface area contributed by atoms with Gasteiger partial charge in [0.1, 0.15) is 23.2 Å². The fourth-order valence-corrected chi connectivity index (χ4v) is 4.30. The van der Waals surface area contributed by atoms with E-state index in [-0.39, 0.29) is 29.8 Å². The number of nitrogens with two attached hydrogens (primary N) is 1. The number of nitrogens with one attached hydrogen (secondary N) is 1. The Kier molecular flexibility index (Phi) is 7.44. The van der Waals surface area contributed by atoms with E-state index in [9.17, 15) is 14.9 Å². The van der Waals surface area contributed by atoms with Gasteiger partial charge in [0.2, 0.25) is 5.88 Å². The molecule has 3 N–H and O–H groups in total. The number of carbonyl (C=O) groups excluding carboxylic acids is 2. The standard InChI is InChI=1S/C27H27N3O6/c1-3-34-23-13-16(25-19(14-28)27(29)36-22-6-4-5-20(31)26(22)25)7-12-21(23)35-15-24(32)30-17-8-10-18(33-2)11-9-17/h7-13,25H,3-6,15,29H2,1-2H3,(H,30,32). The predicted molar refractivity (Wildman–Crippen MR) is 131 cm³/mol. The van der Waals surface area contributed by atoms with Gasteiger partial charge in [-0.1, -0.05) is 6.07 Å². The maximum Gasteiger partial charge on any atom is 0.262 e. The van der Waals surface area contributed by atoms with Crippen LogP contribution in [-0.4, -0.2) is 32.0 Å². The summed E-state index contributed by atoms with van der Waals surface area (Å²) in [6, 6.07) is 14.2. The lowest BCUT2D eigenvalue weighted by Crippen LogP contribution is -2.27. The third kappa shape index (κ3) is 5.13. The molecule has 4 rings (SSSR count). The fraction of sp³-hybridized carbons (Fsp3) is 0.296. The second kappa shape index (κ2) is 10.9. The van der Waals surface area contributed by atoms with Gasteiger partial charge in [-0.3, -0.25) is 9.59 Å². The van der Waals surface area contributed by atoms with E-state index >= 15 is 0 Å². The summed E-state index contributed by atoms with van der Waals surface area (Å²) in [7, 11) is 1.57. The van der Waals surface area contributed by atoms with Crippen LogP contribution in [0.2, 0.25) is 0 Å². The van der Waals surface area contributed by atoms with Crippen molar-refractivity contribution in [2.75, 3.05) is 25.6 Å². The van der Waals surface area contributed by atoms with Gasteiger partial charge in [-0.2, -0.15) is 5.26 Å². The molecule has 0 saturated heterocycles. The van der Waals surface area contributed by atoms with Crippen molar-refractivity contribution >= 4 is 17.4 Å². The van der Waals surface area contributed by atoms with E-state index in [1.54, 1.807) is 49.6 Å². The molecule has 1 amide bonds. The molecule has 1 aliphatic carbocycles. The van der Waals surface area contributed by atoms with E-state index < -0.39 is 5.92 Å². The van der Waals surface area contributed by atoms with Crippen LogP contribution in [-0.2, 0) is 14.3 Å². The first kappa shape index (κ1) is 24.7. The van der Waals surface area contributed by atoms with Gasteiger partial charge in [0.05, 0.1) is 19.6 Å². The lowest BCUT2D eigenvalue weighted by molar-refractivity contribution is -0.118. The van der Waals surface area contributed by atoms with Gasteiger partial charge >= 0.3 is 0 Å². The lowest BCUT2D eigenvalue weighted by atomic mass is 9.77. The van der Waals surface area contributed by atoms with Gasteiger partial charge in [0, 0.05) is 24.1 Å². The molecule has 1 heterocycles. The van der Waals surface area contributed by atoms with Crippen molar-refractivity contribution < 1.29 is 28.5 Å². The van der Waals surface area contributed by atoms with Crippen LogP contribution in [0.1, 0.15) is 37.7 Å². The quantitative estimate of drug-likeness (QED) is 0.570. The first-order chi connectivity index (χ1) is 17.4. The number of methoxy groups -OCH3 is 1. The van der Waals surface area contributed by atoms with Crippen LogP contribution >= 0.6 is 0 Å². The highest BCUT2D eigenvalue weighted by Crippen LogP contribution is 2.45. The van der Waals surface area contributed by atoms with E-state index in [1.165, 1.54) is 0 Å². The highest BCUT2D eigenvalue weighted by molar-refractivity contribution is 5.99. The maximum atomic E-state index is 12.8. The molecule has 2 aromatic carbocycles. The normalized spacial score (nSPS) is 17.0. The SMILES string of the molecule is CCOc1cc(C2C(C#N)=C(N)OC3=C2C(=O)CCC3)ccc1OCC(=O)Nc1ccc(OC)cc1. The zero-order valence-corrected chi connectivity index (χ0v) is 20.1. The zero-order chi connectivity index (χ0) is 25.7. The summed E-state index contributed by atoms with van der Waals surface area (Å²) in [5, 5.41) is 12.5. The molecular formula is C27H27N3O6. The zero-order valence-electron chi connectivity index (χ0n) is 20.1. The highest BCUT2D eigenvalue weighted by atomic mass is 16.5. The first-order valence-corrected chi connectivity index (χ1v) is 11.6. The largest absolute Gasteiger partial charge is 0.497 e. The Bertz CT molecular complexity index is 1270. The molecule has 9 nitrogen and oxygen atoms in total. The summed E-state index contributed by atoms with van der Waals surface area (Å²) in [6.45, 7) is 1.93. The van der Waals surface area contributed by atoms with Crippen molar-refractivity contribution in [1.82, 2.24) is 0 Å². The summed E-state index contributed by atoms with van der Waals surface area (Å²) >= 11 is 0. The summed E-state index contributed by atoms with van der Waals surface area (Å²) < 4.78 is 22.3. The first-order valence-electron chi connectivity index (χ1n) is 11.6. The van der Waals surface area contributed by atoms with Crippen LogP contribution in [0.4, 0.5) is 5.69 Å². The molecule has 0 aromatic heterocycles. The van der Waals surface area contributed by atoms with Crippen molar-refractivity contribution in [3.8, 4) is 23.3 Å².